The number of hydrogen-bond acceptors (Lipinski definition) is 3. The summed E-state index contributed by atoms with van der Waals surface area (Å²) in [6, 6.07) is 0.0142. The molecule has 0 saturated carbocycles. The number of carbonyl (C=O) groups is 1. The first-order valence-electron chi connectivity index (χ1n) is 5.24. The van der Waals surface area contributed by atoms with Gasteiger partial charge in [-0.15, -0.1) is 0 Å². The van der Waals surface area contributed by atoms with Gasteiger partial charge in [0.05, 0.1) is 6.04 Å². The minimum Gasteiger partial charge on any atom is -0.529 e. The van der Waals surface area contributed by atoms with E-state index in [0.29, 0.717) is 18.4 Å². The summed E-state index contributed by atoms with van der Waals surface area (Å²) < 4.78 is 10.1. The second-order valence-electron chi connectivity index (χ2n) is 3.89. The van der Waals surface area contributed by atoms with Gasteiger partial charge in [0.1, 0.15) is 6.61 Å². The lowest BCUT2D eigenvalue weighted by atomic mass is 10.1. The van der Waals surface area contributed by atoms with Crippen LogP contribution in [0.4, 0.5) is 4.79 Å². The molecule has 0 aromatic heterocycles. The first kappa shape index (κ1) is 12.8. The Morgan fingerprint density at radius 1 is 1.69 bits per heavy atom. The number of rotatable bonds is 4. The second kappa shape index (κ2) is 5.74. The SMILES string of the molecule is C/C=C/C=C(\O[Si])N1C(=O)OC[C@@H]1C(C)C. The number of ether oxygens (including phenoxy) is 1. The smallest absolute Gasteiger partial charge is 0.417 e. The van der Waals surface area contributed by atoms with Crippen LogP contribution in [0, 0.1) is 5.92 Å². The Balaban J connectivity index is 2.92. The predicted molar refractivity (Wildman–Crippen MR) is 61.5 cm³/mol. The summed E-state index contributed by atoms with van der Waals surface area (Å²) in [5.41, 5.74) is 0. The molecule has 1 amide bonds. The van der Waals surface area contributed by atoms with Crippen molar-refractivity contribution in [1.82, 2.24) is 4.90 Å². The molecule has 3 radical (unpaired) electrons. The summed E-state index contributed by atoms with van der Waals surface area (Å²) >= 11 is 0. The van der Waals surface area contributed by atoms with Crippen LogP contribution in [0.5, 0.6) is 0 Å². The van der Waals surface area contributed by atoms with E-state index >= 15 is 0 Å². The summed E-state index contributed by atoms with van der Waals surface area (Å²) in [6.45, 7) is 6.38. The zero-order valence-corrected chi connectivity index (χ0v) is 10.8. The third-order valence-electron chi connectivity index (χ3n) is 2.45. The molecule has 5 heteroatoms. The molecule has 1 saturated heterocycles. The number of allylic oxidation sites excluding steroid dienone is 3. The van der Waals surface area contributed by atoms with E-state index in [4.69, 9.17) is 9.16 Å². The molecular formula is C11H16NO3Si. The van der Waals surface area contributed by atoms with Crippen molar-refractivity contribution in [3.63, 3.8) is 0 Å². The van der Waals surface area contributed by atoms with Gasteiger partial charge in [-0.2, -0.15) is 0 Å². The van der Waals surface area contributed by atoms with E-state index in [-0.39, 0.29) is 12.1 Å². The van der Waals surface area contributed by atoms with Gasteiger partial charge in [-0.3, -0.25) is 0 Å². The van der Waals surface area contributed by atoms with E-state index in [2.05, 4.69) is 10.5 Å². The van der Waals surface area contributed by atoms with Crippen LogP contribution in [-0.2, 0) is 9.16 Å². The number of cyclic esters (lactones) is 1. The molecule has 0 aromatic carbocycles. The van der Waals surface area contributed by atoms with Crippen molar-refractivity contribution in [3.05, 3.63) is 24.1 Å². The number of amides is 1. The Bertz CT molecular complexity index is 312. The van der Waals surface area contributed by atoms with Crippen molar-refractivity contribution >= 4 is 16.6 Å². The summed E-state index contributed by atoms with van der Waals surface area (Å²) in [4.78, 5) is 13.1. The van der Waals surface area contributed by atoms with Gasteiger partial charge in [0.25, 0.3) is 0 Å². The van der Waals surface area contributed by atoms with E-state index in [1.807, 2.05) is 26.8 Å². The van der Waals surface area contributed by atoms with Crippen LogP contribution in [0.3, 0.4) is 0 Å². The molecule has 1 rings (SSSR count). The molecule has 16 heavy (non-hydrogen) atoms. The molecule has 87 valence electrons. The quantitative estimate of drug-likeness (QED) is 0.427. The average molecular weight is 238 g/mol. The highest BCUT2D eigenvalue weighted by Gasteiger charge is 2.37. The van der Waals surface area contributed by atoms with E-state index in [1.165, 1.54) is 4.90 Å². The highest BCUT2D eigenvalue weighted by molar-refractivity contribution is 5.99. The standard InChI is InChI=1S/C11H16NO3Si/c1-4-5-6-10(15-16)12-9(8(2)3)7-14-11(12)13/h4-6,8-9H,7H2,1-3H3/b5-4+,10-6-/t9-/m1/s1. The molecule has 1 aliphatic heterocycles. The predicted octanol–water partition coefficient (Wildman–Crippen LogP) is 1.98. The minimum atomic E-state index is -0.368. The molecule has 0 N–H and O–H groups in total. The van der Waals surface area contributed by atoms with Crippen molar-refractivity contribution in [1.29, 1.82) is 0 Å². The van der Waals surface area contributed by atoms with Crippen LogP contribution in [0.2, 0.25) is 0 Å². The lowest BCUT2D eigenvalue weighted by Gasteiger charge is -2.25. The van der Waals surface area contributed by atoms with Crippen LogP contribution < -0.4 is 0 Å². The van der Waals surface area contributed by atoms with Crippen LogP contribution in [0.1, 0.15) is 20.8 Å². The van der Waals surface area contributed by atoms with Gasteiger partial charge < -0.3 is 9.16 Å². The fourth-order valence-electron chi connectivity index (χ4n) is 1.52. The van der Waals surface area contributed by atoms with Gasteiger partial charge in [0.15, 0.2) is 5.88 Å². The zero-order valence-electron chi connectivity index (χ0n) is 9.77. The summed E-state index contributed by atoms with van der Waals surface area (Å²) in [6.07, 6.45) is 5.01. The Morgan fingerprint density at radius 3 is 2.88 bits per heavy atom. The van der Waals surface area contributed by atoms with Crippen LogP contribution >= 0.6 is 0 Å². The maximum Gasteiger partial charge on any atom is 0.417 e. The van der Waals surface area contributed by atoms with Crippen molar-refractivity contribution in [2.75, 3.05) is 6.61 Å². The zero-order chi connectivity index (χ0) is 12.1. The average Bonchev–Trinajstić information content (AvgIpc) is 2.62. The van der Waals surface area contributed by atoms with Gasteiger partial charge in [-0.1, -0.05) is 26.0 Å². The fourth-order valence-corrected chi connectivity index (χ4v) is 1.69. The Labute approximate surface area is 99.4 Å². The normalized spacial score (nSPS) is 22.1. The maximum atomic E-state index is 11.6. The summed E-state index contributed by atoms with van der Waals surface area (Å²) in [5, 5.41) is 0. The van der Waals surface area contributed by atoms with Crippen LogP contribution in [0.15, 0.2) is 24.1 Å². The molecule has 1 heterocycles. The molecule has 0 aliphatic carbocycles. The minimum absolute atomic E-state index is 0.0142. The summed E-state index contributed by atoms with van der Waals surface area (Å²) in [5.74, 6) is 0.748. The van der Waals surface area contributed by atoms with Gasteiger partial charge in [-0.25, -0.2) is 9.69 Å². The summed E-state index contributed by atoms with van der Waals surface area (Å²) in [7, 11) is 2.96. The molecular weight excluding hydrogens is 222 g/mol. The lowest BCUT2D eigenvalue weighted by molar-refractivity contribution is 0.152. The first-order valence-corrected chi connectivity index (χ1v) is 5.65. The third-order valence-corrected chi connectivity index (χ3v) is 2.66. The van der Waals surface area contributed by atoms with Gasteiger partial charge in [0, 0.05) is 0 Å². The highest BCUT2D eigenvalue weighted by atomic mass is 28.2. The monoisotopic (exact) mass is 238 g/mol. The molecule has 0 aromatic rings. The lowest BCUT2D eigenvalue weighted by Crippen LogP contribution is -2.37. The van der Waals surface area contributed by atoms with E-state index in [9.17, 15) is 4.79 Å². The van der Waals surface area contributed by atoms with Gasteiger partial charge in [0.2, 0.25) is 0 Å². The molecule has 0 bridgehead atoms. The van der Waals surface area contributed by atoms with Crippen LogP contribution in [0.25, 0.3) is 0 Å². The van der Waals surface area contributed by atoms with Crippen molar-refractivity contribution in [2.24, 2.45) is 5.92 Å². The van der Waals surface area contributed by atoms with E-state index < -0.39 is 0 Å². The number of carbonyl (C=O) groups excluding carboxylic acids is 1. The van der Waals surface area contributed by atoms with Crippen molar-refractivity contribution in [3.8, 4) is 0 Å². The molecule has 0 spiro atoms. The Morgan fingerprint density at radius 2 is 2.38 bits per heavy atom. The van der Waals surface area contributed by atoms with E-state index in [0.717, 1.165) is 0 Å². The third kappa shape index (κ3) is 2.66. The topological polar surface area (TPSA) is 38.8 Å². The number of nitrogens with zero attached hydrogens (tertiary/aromatic N) is 1. The molecule has 1 aliphatic rings. The molecule has 1 atom stereocenters. The fraction of sp³-hybridized carbons (Fsp3) is 0.545. The Kier molecular flexibility index (Phi) is 4.61. The highest BCUT2D eigenvalue weighted by Crippen LogP contribution is 2.24. The first-order chi connectivity index (χ1) is 7.61. The molecule has 1 fully saturated rings. The number of hydrogen-bond donors (Lipinski definition) is 0. The largest absolute Gasteiger partial charge is 0.529 e. The van der Waals surface area contributed by atoms with Gasteiger partial charge in [-0.05, 0) is 18.9 Å². The second-order valence-corrected chi connectivity index (χ2v) is 4.10. The van der Waals surface area contributed by atoms with Crippen LogP contribution in [-0.4, -0.2) is 34.1 Å². The van der Waals surface area contributed by atoms with Crippen molar-refractivity contribution in [2.45, 2.75) is 26.8 Å². The van der Waals surface area contributed by atoms with E-state index in [1.54, 1.807) is 12.2 Å². The Hall–Kier alpha value is -1.23. The van der Waals surface area contributed by atoms with Crippen molar-refractivity contribution < 1.29 is 14.0 Å². The molecule has 4 nitrogen and oxygen atoms in total. The maximum absolute atomic E-state index is 11.6. The molecule has 0 unspecified atom stereocenters. The van der Waals surface area contributed by atoms with Gasteiger partial charge >= 0.3 is 16.6 Å².